The van der Waals surface area contributed by atoms with Crippen LogP contribution in [0.4, 0.5) is 4.39 Å². The number of hydrogen-bond donors (Lipinski definition) is 2. The highest BCUT2D eigenvalue weighted by molar-refractivity contribution is 6.39. The minimum atomic E-state index is -1.15. The molecule has 4 saturated carbocycles. The minimum Gasteiger partial charge on any atom is -0.478 e. The van der Waals surface area contributed by atoms with Gasteiger partial charge in [0.25, 0.3) is 0 Å². The molecular formula is C29H28Cl2FNO5. The van der Waals surface area contributed by atoms with E-state index >= 15 is 0 Å². The zero-order valence-corrected chi connectivity index (χ0v) is 22.2. The number of aromatic carboxylic acids is 1. The number of carboxylic acids is 1. The van der Waals surface area contributed by atoms with Crippen molar-refractivity contribution in [2.24, 2.45) is 5.41 Å². The van der Waals surface area contributed by atoms with Crippen LogP contribution in [0.15, 0.2) is 40.9 Å². The first kappa shape index (κ1) is 25.8. The average molecular weight is 560 g/mol. The number of fused-ring (bicyclic) bond motifs is 3. The van der Waals surface area contributed by atoms with Gasteiger partial charge in [0.1, 0.15) is 17.3 Å². The lowest BCUT2D eigenvalue weighted by molar-refractivity contribution is -0.170. The summed E-state index contributed by atoms with van der Waals surface area (Å²) >= 11 is 13.0. The average Bonchev–Trinajstić information content (AvgIpc) is 3.68. The van der Waals surface area contributed by atoms with E-state index in [9.17, 15) is 19.4 Å². The lowest BCUT2D eigenvalue weighted by Crippen LogP contribution is -2.50. The number of ether oxygens (including phenoxy) is 1. The molecule has 7 rings (SSSR count). The summed E-state index contributed by atoms with van der Waals surface area (Å²) in [5, 5.41) is 26.0. The fourth-order valence-corrected chi connectivity index (χ4v) is 6.87. The number of rotatable bonds is 8. The Labute approximate surface area is 229 Å². The Morgan fingerprint density at radius 3 is 2.37 bits per heavy atom. The molecule has 9 heteroatoms. The van der Waals surface area contributed by atoms with Crippen LogP contribution in [-0.2, 0) is 11.3 Å². The topological polar surface area (TPSA) is 92.8 Å². The van der Waals surface area contributed by atoms with Gasteiger partial charge in [-0.3, -0.25) is 0 Å². The smallest absolute Gasteiger partial charge is 0.335 e. The van der Waals surface area contributed by atoms with Gasteiger partial charge < -0.3 is 19.5 Å². The predicted octanol–water partition coefficient (Wildman–Crippen LogP) is 7.71. The summed E-state index contributed by atoms with van der Waals surface area (Å²) in [7, 11) is 0. The predicted molar refractivity (Wildman–Crippen MR) is 140 cm³/mol. The Balaban J connectivity index is 1.21. The molecular weight excluding hydrogens is 532 g/mol. The van der Waals surface area contributed by atoms with Crippen LogP contribution in [0.5, 0.6) is 0 Å². The molecule has 0 aliphatic heterocycles. The summed E-state index contributed by atoms with van der Waals surface area (Å²) in [6, 6.07) is 8.95. The van der Waals surface area contributed by atoms with E-state index in [0.717, 1.165) is 49.5 Å². The molecule has 1 unspecified atom stereocenters. The van der Waals surface area contributed by atoms with Crippen LogP contribution in [0.3, 0.4) is 0 Å². The summed E-state index contributed by atoms with van der Waals surface area (Å²) < 4.78 is 27.1. The van der Waals surface area contributed by atoms with Crippen LogP contribution < -0.4 is 0 Å². The minimum absolute atomic E-state index is 0.0317. The summed E-state index contributed by atoms with van der Waals surface area (Å²) in [5.41, 5.74) is 1.30. The van der Waals surface area contributed by atoms with Crippen LogP contribution in [0.25, 0.3) is 11.3 Å². The number of carbonyl (C=O) groups is 1. The zero-order valence-electron chi connectivity index (χ0n) is 20.7. The maximum Gasteiger partial charge on any atom is 0.335 e. The molecule has 4 fully saturated rings. The van der Waals surface area contributed by atoms with Crippen molar-refractivity contribution in [1.29, 1.82) is 0 Å². The van der Waals surface area contributed by atoms with Gasteiger partial charge in [-0.2, -0.15) is 0 Å². The second-order valence-corrected chi connectivity index (χ2v) is 11.8. The largest absolute Gasteiger partial charge is 0.478 e. The number of aliphatic hydroxyl groups excluding tert-OH is 1. The molecule has 2 aromatic carbocycles. The zero-order chi connectivity index (χ0) is 26.7. The van der Waals surface area contributed by atoms with Crippen molar-refractivity contribution in [2.45, 2.75) is 75.6 Å². The number of nitrogens with zero attached hydrogens (tertiary/aromatic N) is 1. The van der Waals surface area contributed by atoms with Gasteiger partial charge in [0.2, 0.25) is 0 Å². The molecule has 1 atom stereocenters. The highest BCUT2D eigenvalue weighted by atomic mass is 35.5. The molecule has 4 aliphatic carbocycles. The number of hydrogen-bond acceptors (Lipinski definition) is 5. The van der Waals surface area contributed by atoms with E-state index in [1.165, 1.54) is 12.1 Å². The first-order valence-corrected chi connectivity index (χ1v) is 13.8. The first-order chi connectivity index (χ1) is 18.2. The van der Waals surface area contributed by atoms with E-state index < -0.39 is 23.3 Å². The van der Waals surface area contributed by atoms with Crippen molar-refractivity contribution in [2.75, 3.05) is 0 Å². The third kappa shape index (κ3) is 4.43. The molecule has 3 aromatic rings. The highest BCUT2D eigenvalue weighted by Crippen LogP contribution is 2.59. The van der Waals surface area contributed by atoms with Crippen molar-refractivity contribution in [3.05, 3.63) is 74.7 Å². The third-order valence-corrected chi connectivity index (χ3v) is 9.47. The van der Waals surface area contributed by atoms with Crippen LogP contribution in [0.2, 0.25) is 10.0 Å². The lowest BCUT2D eigenvalue weighted by atomic mass is 9.55. The highest BCUT2D eigenvalue weighted by Gasteiger charge is 2.53. The van der Waals surface area contributed by atoms with Crippen LogP contribution in [-0.4, -0.2) is 26.9 Å². The number of aliphatic hydroxyl groups is 1. The Morgan fingerprint density at radius 2 is 1.76 bits per heavy atom. The lowest BCUT2D eigenvalue weighted by Gasteiger charge is -2.55. The van der Waals surface area contributed by atoms with Crippen molar-refractivity contribution >= 4 is 29.2 Å². The number of carboxylic acid groups (broad SMARTS) is 1. The molecule has 1 aromatic heterocycles. The van der Waals surface area contributed by atoms with Gasteiger partial charge in [-0.25, -0.2) is 9.18 Å². The van der Waals surface area contributed by atoms with Crippen LogP contribution in [0.1, 0.15) is 90.6 Å². The second kappa shape index (κ2) is 9.63. The van der Waals surface area contributed by atoms with Crippen LogP contribution in [0, 0.1) is 11.2 Å². The number of aromatic nitrogens is 1. The summed E-state index contributed by atoms with van der Waals surface area (Å²) in [6.07, 6.45) is 5.15. The van der Waals surface area contributed by atoms with Crippen molar-refractivity contribution in [3.63, 3.8) is 0 Å². The summed E-state index contributed by atoms with van der Waals surface area (Å²) in [5.74, 6) is -0.572. The number of benzene rings is 2. The molecule has 4 aliphatic rings. The molecule has 0 radical (unpaired) electrons. The Hall–Kier alpha value is -2.45. The monoisotopic (exact) mass is 559 g/mol. The van der Waals surface area contributed by atoms with E-state index in [-0.39, 0.29) is 16.7 Å². The molecule has 2 bridgehead atoms. The van der Waals surface area contributed by atoms with Gasteiger partial charge in [0.15, 0.2) is 0 Å². The molecule has 200 valence electrons. The molecule has 0 spiro atoms. The van der Waals surface area contributed by atoms with E-state index in [1.54, 1.807) is 18.2 Å². The van der Waals surface area contributed by atoms with E-state index in [2.05, 4.69) is 5.16 Å². The maximum atomic E-state index is 14.6. The Kier molecular flexibility index (Phi) is 6.54. The summed E-state index contributed by atoms with van der Waals surface area (Å²) in [6.45, 7) is 0.317. The fourth-order valence-electron chi connectivity index (χ4n) is 6.30. The standard InChI is InChI=1S/C29H28Cl2FNO5/c30-20-2-1-3-21(31)23(20)24-19(25(38-33-24)16-4-5-16)15-37-29-11-8-28(9-12-29,10-13-29)26(34)18-14-17(27(35)36)6-7-22(18)32/h1-3,6-7,14,16,26,34H,4-5,8-13,15H2,(H,35,36). The fraction of sp³-hybridized carbons (Fsp3) is 0.448. The summed E-state index contributed by atoms with van der Waals surface area (Å²) in [4.78, 5) is 11.4. The van der Waals surface area contributed by atoms with Gasteiger partial charge in [-0.1, -0.05) is 34.4 Å². The van der Waals surface area contributed by atoms with Crippen LogP contribution >= 0.6 is 23.2 Å². The van der Waals surface area contributed by atoms with Gasteiger partial charge in [0, 0.05) is 28.0 Å². The molecule has 2 N–H and O–H groups in total. The van der Waals surface area contributed by atoms with Gasteiger partial charge >= 0.3 is 5.97 Å². The molecule has 0 saturated heterocycles. The van der Waals surface area contributed by atoms with Gasteiger partial charge in [0.05, 0.1) is 33.9 Å². The maximum absolute atomic E-state index is 14.6. The van der Waals surface area contributed by atoms with Crippen molar-refractivity contribution in [1.82, 2.24) is 5.16 Å². The van der Waals surface area contributed by atoms with Gasteiger partial charge in [-0.15, -0.1) is 0 Å². The van der Waals surface area contributed by atoms with Gasteiger partial charge in [-0.05, 0) is 81.7 Å². The normalized spacial score (nSPS) is 25.5. The van der Waals surface area contributed by atoms with Crippen molar-refractivity contribution < 1.29 is 28.7 Å². The van der Waals surface area contributed by atoms with E-state index in [4.69, 9.17) is 32.5 Å². The van der Waals surface area contributed by atoms with Crippen molar-refractivity contribution in [3.8, 4) is 11.3 Å². The van der Waals surface area contributed by atoms with E-state index in [1.807, 2.05) is 0 Å². The Morgan fingerprint density at radius 1 is 1.11 bits per heavy atom. The van der Waals surface area contributed by atoms with E-state index in [0.29, 0.717) is 53.1 Å². The third-order valence-electron chi connectivity index (χ3n) is 8.84. The molecule has 38 heavy (non-hydrogen) atoms. The molecule has 1 heterocycles. The quantitative estimate of drug-likeness (QED) is 0.293. The molecule has 0 amide bonds. The second-order valence-electron chi connectivity index (χ2n) is 11.0. The Bertz CT molecular complexity index is 1360. The number of halogens is 3. The SMILES string of the molecule is O=C(O)c1ccc(F)c(C(O)C23CCC(OCc4c(-c5c(Cl)cccc5Cl)noc4C4CC4)(CC2)CC3)c1. The first-order valence-electron chi connectivity index (χ1n) is 13.0. The molecule has 6 nitrogen and oxygen atoms in total.